The largest absolute Gasteiger partial charge is 0.391 e. The van der Waals surface area contributed by atoms with Crippen LogP contribution in [0.25, 0.3) is 0 Å². The van der Waals surface area contributed by atoms with Crippen LogP contribution in [0.1, 0.15) is 50.1 Å². The minimum Gasteiger partial charge on any atom is -0.391 e. The number of hydrogen-bond donors (Lipinski definition) is 1. The van der Waals surface area contributed by atoms with Gasteiger partial charge in [0.1, 0.15) is 0 Å². The average Bonchev–Trinajstić information content (AvgIpc) is 2.94. The maximum absolute atomic E-state index is 10.3. The SMILES string of the molecule is CN(C[C@@H]1CCCN(C)[C@H]1c1cnn(C)c1)[C@H]1CCCC[C@@H]1O. The van der Waals surface area contributed by atoms with Gasteiger partial charge in [-0.3, -0.25) is 9.58 Å². The molecule has 130 valence electrons. The van der Waals surface area contributed by atoms with Crippen molar-refractivity contribution in [3.8, 4) is 0 Å². The van der Waals surface area contributed by atoms with Gasteiger partial charge < -0.3 is 10.0 Å². The third-order valence-corrected chi connectivity index (χ3v) is 5.86. The molecule has 1 aromatic rings. The molecule has 4 atom stereocenters. The van der Waals surface area contributed by atoms with Crippen molar-refractivity contribution >= 4 is 0 Å². The fourth-order valence-corrected chi connectivity index (χ4v) is 4.68. The maximum atomic E-state index is 10.3. The number of aliphatic hydroxyl groups is 1. The number of rotatable bonds is 4. The van der Waals surface area contributed by atoms with E-state index in [9.17, 15) is 5.11 Å². The summed E-state index contributed by atoms with van der Waals surface area (Å²) in [5.74, 6) is 0.608. The van der Waals surface area contributed by atoms with Crippen LogP contribution in [0, 0.1) is 5.92 Å². The Morgan fingerprint density at radius 3 is 2.70 bits per heavy atom. The number of hydrogen-bond acceptors (Lipinski definition) is 4. The summed E-state index contributed by atoms with van der Waals surface area (Å²) in [6, 6.07) is 0.783. The average molecular weight is 320 g/mol. The van der Waals surface area contributed by atoms with Gasteiger partial charge in [-0.1, -0.05) is 12.8 Å². The van der Waals surface area contributed by atoms with Gasteiger partial charge >= 0.3 is 0 Å². The smallest absolute Gasteiger partial charge is 0.0695 e. The Morgan fingerprint density at radius 2 is 2.00 bits per heavy atom. The molecule has 1 saturated carbocycles. The number of aromatic nitrogens is 2. The summed E-state index contributed by atoms with van der Waals surface area (Å²) in [5, 5.41) is 14.7. The molecule has 0 bridgehead atoms. The maximum Gasteiger partial charge on any atom is 0.0695 e. The van der Waals surface area contributed by atoms with Crippen molar-refractivity contribution in [2.75, 3.05) is 27.2 Å². The number of nitrogens with zero attached hydrogens (tertiary/aromatic N) is 4. The van der Waals surface area contributed by atoms with Gasteiger partial charge in [-0.15, -0.1) is 0 Å². The topological polar surface area (TPSA) is 44.5 Å². The minimum absolute atomic E-state index is 0.146. The lowest BCUT2D eigenvalue weighted by Crippen LogP contribution is -2.48. The zero-order chi connectivity index (χ0) is 16.4. The Kier molecular flexibility index (Phi) is 5.39. The van der Waals surface area contributed by atoms with Gasteiger partial charge in [-0.05, 0) is 52.2 Å². The molecule has 1 aromatic heterocycles. The molecule has 2 heterocycles. The quantitative estimate of drug-likeness (QED) is 0.922. The Labute approximate surface area is 140 Å². The van der Waals surface area contributed by atoms with Crippen LogP contribution in [0.3, 0.4) is 0 Å². The Balaban J connectivity index is 1.71. The molecule has 1 aliphatic heterocycles. The van der Waals surface area contributed by atoms with Crippen molar-refractivity contribution < 1.29 is 5.11 Å². The Hall–Kier alpha value is -0.910. The van der Waals surface area contributed by atoms with E-state index in [-0.39, 0.29) is 6.10 Å². The fourth-order valence-electron chi connectivity index (χ4n) is 4.68. The van der Waals surface area contributed by atoms with Crippen LogP contribution in [0.2, 0.25) is 0 Å². The molecule has 0 unspecified atom stereocenters. The molecule has 5 nitrogen and oxygen atoms in total. The molecular formula is C18H32N4O. The molecule has 0 aromatic carbocycles. The highest BCUT2D eigenvalue weighted by atomic mass is 16.3. The van der Waals surface area contributed by atoms with Gasteiger partial charge in [0.2, 0.25) is 0 Å². The third kappa shape index (κ3) is 3.78. The number of aliphatic hydroxyl groups excluding tert-OH is 1. The van der Waals surface area contributed by atoms with E-state index in [1.54, 1.807) is 0 Å². The second-order valence-electron chi connectivity index (χ2n) is 7.63. The summed E-state index contributed by atoms with van der Waals surface area (Å²) in [6.45, 7) is 2.22. The first-order valence-corrected chi connectivity index (χ1v) is 9.13. The van der Waals surface area contributed by atoms with Crippen LogP contribution in [0.4, 0.5) is 0 Å². The molecule has 1 saturated heterocycles. The van der Waals surface area contributed by atoms with Gasteiger partial charge in [0.15, 0.2) is 0 Å². The molecule has 0 spiro atoms. The Bertz CT molecular complexity index is 503. The number of piperidine rings is 1. The van der Waals surface area contributed by atoms with E-state index in [0.29, 0.717) is 18.0 Å². The van der Waals surface area contributed by atoms with Gasteiger partial charge in [0, 0.05) is 37.4 Å². The summed E-state index contributed by atoms with van der Waals surface area (Å²) in [7, 11) is 6.43. The van der Waals surface area contributed by atoms with Crippen molar-refractivity contribution in [1.29, 1.82) is 0 Å². The summed E-state index contributed by atoms with van der Waals surface area (Å²) in [4.78, 5) is 4.91. The second-order valence-corrected chi connectivity index (χ2v) is 7.63. The molecule has 5 heteroatoms. The lowest BCUT2D eigenvalue weighted by Gasteiger charge is -2.43. The molecule has 0 radical (unpaired) electrons. The van der Waals surface area contributed by atoms with Crippen molar-refractivity contribution in [3.63, 3.8) is 0 Å². The van der Waals surface area contributed by atoms with E-state index < -0.39 is 0 Å². The molecule has 1 N–H and O–H groups in total. The number of aryl methyl sites for hydroxylation is 1. The highest BCUT2D eigenvalue weighted by Gasteiger charge is 2.34. The molecule has 0 amide bonds. The van der Waals surface area contributed by atoms with Crippen LogP contribution in [0.5, 0.6) is 0 Å². The summed E-state index contributed by atoms with van der Waals surface area (Å²) < 4.78 is 1.91. The first-order chi connectivity index (χ1) is 11.1. The van der Waals surface area contributed by atoms with Gasteiger partial charge in [-0.25, -0.2) is 0 Å². The van der Waals surface area contributed by atoms with Gasteiger partial charge in [-0.2, -0.15) is 5.10 Å². The standard InChI is InChI=1S/C18H32N4O/c1-20-10-6-7-14(18(20)15-11-19-22(3)13-15)12-21(2)16-8-4-5-9-17(16)23/h11,13-14,16-18,23H,4-10,12H2,1-3H3/t14-,16-,17-,18+/m0/s1. The monoisotopic (exact) mass is 320 g/mol. The van der Waals surface area contributed by atoms with Crippen LogP contribution < -0.4 is 0 Å². The number of likely N-dealkylation sites (N-methyl/N-ethyl adjacent to an activating group) is 1. The van der Waals surface area contributed by atoms with E-state index in [0.717, 1.165) is 25.9 Å². The van der Waals surface area contributed by atoms with E-state index in [1.807, 2.05) is 17.9 Å². The van der Waals surface area contributed by atoms with E-state index in [1.165, 1.54) is 31.2 Å². The van der Waals surface area contributed by atoms with E-state index in [2.05, 4.69) is 35.2 Å². The lowest BCUT2D eigenvalue weighted by molar-refractivity contribution is 0.00989. The predicted octanol–water partition coefficient (Wildman–Crippen LogP) is 2.04. The highest BCUT2D eigenvalue weighted by molar-refractivity contribution is 5.13. The third-order valence-electron chi connectivity index (χ3n) is 5.86. The van der Waals surface area contributed by atoms with E-state index in [4.69, 9.17) is 0 Å². The first-order valence-electron chi connectivity index (χ1n) is 9.13. The normalized spacial score (nSPS) is 33.3. The molecule has 23 heavy (non-hydrogen) atoms. The molecule has 1 aliphatic carbocycles. The molecule has 2 fully saturated rings. The molecule has 3 rings (SSSR count). The second kappa shape index (κ2) is 7.32. The predicted molar refractivity (Wildman–Crippen MR) is 92.2 cm³/mol. The summed E-state index contributed by atoms with van der Waals surface area (Å²) in [6.07, 6.45) is 11.1. The van der Waals surface area contributed by atoms with Crippen molar-refractivity contribution in [1.82, 2.24) is 19.6 Å². The van der Waals surface area contributed by atoms with Gasteiger partial charge in [0.25, 0.3) is 0 Å². The zero-order valence-corrected chi connectivity index (χ0v) is 14.9. The molecular weight excluding hydrogens is 288 g/mol. The van der Waals surface area contributed by atoms with Gasteiger partial charge in [0.05, 0.1) is 12.3 Å². The van der Waals surface area contributed by atoms with Crippen LogP contribution in [-0.2, 0) is 7.05 Å². The van der Waals surface area contributed by atoms with Crippen molar-refractivity contribution in [2.45, 2.75) is 56.7 Å². The van der Waals surface area contributed by atoms with Crippen molar-refractivity contribution in [3.05, 3.63) is 18.0 Å². The van der Waals surface area contributed by atoms with E-state index >= 15 is 0 Å². The fraction of sp³-hybridized carbons (Fsp3) is 0.833. The van der Waals surface area contributed by atoms with Crippen molar-refractivity contribution in [2.24, 2.45) is 13.0 Å². The van der Waals surface area contributed by atoms with Crippen LogP contribution >= 0.6 is 0 Å². The zero-order valence-electron chi connectivity index (χ0n) is 14.9. The van der Waals surface area contributed by atoms with Crippen LogP contribution in [-0.4, -0.2) is 64.0 Å². The first kappa shape index (κ1) is 16.9. The Morgan fingerprint density at radius 1 is 1.22 bits per heavy atom. The molecule has 2 aliphatic rings. The number of likely N-dealkylation sites (tertiary alicyclic amines) is 1. The minimum atomic E-state index is -0.146. The summed E-state index contributed by atoms with van der Waals surface area (Å²) in [5.41, 5.74) is 1.33. The van der Waals surface area contributed by atoms with Crippen LogP contribution in [0.15, 0.2) is 12.4 Å². The summed E-state index contributed by atoms with van der Waals surface area (Å²) >= 11 is 0. The highest BCUT2D eigenvalue weighted by Crippen LogP contribution is 2.36. The lowest BCUT2D eigenvalue weighted by atomic mass is 9.84.